The van der Waals surface area contributed by atoms with Crippen LogP contribution in [0.1, 0.15) is 42.7 Å². The Labute approximate surface area is 142 Å². The third kappa shape index (κ3) is 4.30. The van der Waals surface area contributed by atoms with Crippen molar-refractivity contribution in [3.05, 3.63) is 83.5 Å². The molecule has 0 amide bonds. The molecule has 24 heavy (non-hydrogen) atoms. The first kappa shape index (κ1) is 16.4. The zero-order valence-corrected chi connectivity index (χ0v) is 14.1. The maximum absolute atomic E-state index is 5.36. The van der Waals surface area contributed by atoms with E-state index in [1.54, 1.807) is 0 Å². The number of nitrogens with zero attached hydrogens (tertiary/aromatic N) is 2. The van der Waals surface area contributed by atoms with Crippen molar-refractivity contribution >= 4 is 0 Å². The van der Waals surface area contributed by atoms with Crippen molar-refractivity contribution in [1.29, 1.82) is 0 Å². The Balaban J connectivity index is 1.74. The number of hydrogen-bond acceptors (Lipinski definition) is 4. The van der Waals surface area contributed by atoms with Crippen LogP contribution in [0.2, 0.25) is 0 Å². The topological polar surface area (TPSA) is 51.0 Å². The zero-order chi connectivity index (χ0) is 16.8. The minimum Gasteiger partial charge on any atom is -0.338 e. The van der Waals surface area contributed by atoms with Crippen molar-refractivity contribution in [2.75, 3.05) is 0 Å². The first-order valence-electron chi connectivity index (χ1n) is 8.37. The maximum atomic E-state index is 5.36. The Bertz CT molecular complexity index is 698. The minimum atomic E-state index is 0.0906. The van der Waals surface area contributed by atoms with Crippen molar-refractivity contribution in [3.8, 4) is 0 Å². The van der Waals surface area contributed by atoms with Gasteiger partial charge in [-0.15, -0.1) is 0 Å². The second kappa shape index (κ2) is 7.88. The lowest BCUT2D eigenvalue weighted by Crippen LogP contribution is -2.22. The van der Waals surface area contributed by atoms with Crippen molar-refractivity contribution in [2.24, 2.45) is 5.92 Å². The van der Waals surface area contributed by atoms with E-state index in [2.05, 4.69) is 77.8 Å². The van der Waals surface area contributed by atoms with E-state index >= 15 is 0 Å². The van der Waals surface area contributed by atoms with Crippen molar-refractivity contribution in [3.63, 3.8) is 0 Å². The summed E-state index contributed by atoms with van der Waals surface area (Å²) in [4.78, 5) is 4.47. The summed E-state index contributed by atoms with van der Waals surface area (Å²) in [5, 5.41) is 7.59. The van der Waals surface area contributed by atoms with Gasteiger partial charge in [-0.1, -0.05) is 79.7 Å². The van der Waals surface area contributed by atoms with Crippen LogP contribution in [0.25, 0.3) is 0 Å². The molecule has 0 unspecified atom stereocenters. The van der Waals surface area contributed by atoms with E-state index in [0.717, 1.165) is 12.2 Å². The van der Waals surface area contributed by atoms with Crippen LogP contribution < -0.4 is 5.32 Å². The fourth-order valence-corrected chi connectivity index (χ4v) is 2.72. The molecule has 0 aliphatic carbocycles. The Kier molecular flexibility index (Phi) is 5.39. The van der Waals surface area contributed by atoms with E-state index in [9.17, 15) is 0 Å². The van der Waals surface area contributed by atoms with Gasteiger partial charge in [0, 0.05) is 6.42 Å². The summed E-state index contributed by atoms with van der Waals surface area (Å²) in [6.45, 7) is 4.84. The lowest BCUT2D eigenvalue weighted by atomic mass is 9.99. The number of hydrogen-bond donors (Lipinski definition) is 1. The summed E-state index contributed by atoms with van der Waals surface area (Å²) in [5.41, 5.74) is 2.43. The highest BCUT2D eigenvalue weighted by molar-refractivity contribution is 5.31. The van der Waals surface area contributed by atoms with E-state index in [1.807, 2.05) is 12.1 Å². The first-order chi connectivity index (χ1) is 11.7. The average molecular weight is 321 g/mol. The monoisotopic (exact) mass is 321 g/mol. The fourth-order valence-electron chi connectivity index (χ4n) is 2.72. The van der Waals surface area contributed by atoms with E-state index in [1.165, 1.54) is 11.1 Å². The van der Waals surface area contributed by atoms with Crippen LogP contribution in [-0.4, -0.2) is 10.1 Å². The van der Waals surface area contributed by atoms with Gasteiger partial charge in [0.1, 0.15) is 0 Å². The van der Waals surface area contributed by atoms with Crippen molar-refractivity contribution in [2.45, 2.75) is 32.9 Å². The molecule has 0 aliphatic rings. The van der Waals surface area contributed by atoms with Gasteiger partial charge in [0.05, 0.1) is 12.6 Å². The molecule has 4 heteroatoms. The maximum Gasteiger partial charge on any atom is 0.240 e. The van der Waals surface area contributed by atoms with Crippen LogP contribution in [0, 0.1) is 5.92 Å². The second-order valence-electron chi connectivity index (χ2n) is 6.34. The fraction of sp³-hybridized carbons (Fsp3) is 0.300. The molecule has 0 saturated heterocycles. The number of aromatic nitrogens is 2. The van der Waals surface area contributed by atoms with Crippen LogP contribution in [0.15, 0.2) is 65.2 Å². The lowest BCUT2D eigenvalue weighted by molar-refractivity contribution is 0.356. The van der Waals surface area contributed by atoms with Crippen LogP contribution in [0.3, 0.4) is 0 Å². The molecule has 0 aliphatic heterocycles. The van der Waals surface area contributed by atoms with E-state index in [-0.39, 0.29) is 6.04 Å². The first-order valence-corrected chi connectivity index (χ1v) is 8.37. The van der Waals surface area contributed by atoms with Crippen molar-refractivity contribution < 1.29 is 4.52 Å². The summed E-state index contributed by atoms with van der Waals surface area (Å²) in [6, 6.07) is 20.9. The van der Waals surface area contributed by atoms with Gasteiger partial charge in [0.2, 0.25) is 5.89 Å². The molecule has 0 bridgehead atoms. The van der Waals surface area contributed by atoms with Gasteiger partial charge in [-0.25, -0.2) is 0 Å². The Morgan fingerprint density at radius 3 is 2.04 bits per heavy atom. The average Bonchev–Trinajstić information content (AvgIpc) is 3.04. The zero-order valence-electron chi connectivity index (χ0n) is 14.1. The van der Waals surface area contributed by atoms with E-state index in [0.29, 0.717) is 18.4 Å². The smallest absolute Gasteiger partial charge is 0.240 e. The largest absolute Gasteiger partial charge is 0.338 e. The van der Waals surface area contributed by atoms with Gasteiger partial charge in [0.15, 0.2) is 5.82 Å². The van der Waals surface area contributed by atoms with Gasteiger partial charge >= 0.3 is 0 Å². The molecular weight excluding hydrogens is 298 g/mol. The van der Waals surface area contributed by atoms with Gasteiger partial charge in [-0.3, -0.25) is 5.32 Å². The third-order valence-corrected chi connectivity index (χ3v) is 3.82. The molecule has 0 spiro atoms. The highest BCUT2D eigenvalue weighted by atomic mass is 16.5. The van der Waals surface area contributed by atoms with Crippen LogP contribution >= 0.6 is 0 Å². The molecule has 2 aromatic carbocycles. The SMILES string of the molecule is CC(C)Cc1noc(CNC(c2ccccc2)c2ccccc2)n1. The molecule has 0 saturated carbocycles. The molecule has 0 radical (unpaired) electrons. The summed E-state index contributed by atoms with van der Waals surface area (Å²) >= 11 is 0. The van der Waals surface area contributed by atoms with Gasteiger partial charge in [-0.05, 0) is 17.0 Å². The number of rotatable bonds is 7. The molecule has 0 atom stereocenters. The Hall–Kier alpha value is -2.46. The summed E-state index contributed by atoms with van der Waals surface area (Å²) in [5.74, 6) is 1.92. The molecular formula is C20H23N3O. The molecule has 3 aromatic rings. The standard InChI is InChI=1S/C20H23N3O/c1-15(2)13-18-22-19(24-23-18)14-21-20(16-9-5-3-6-10-16)17-11-7-4-8-12-17/h3-12,15,20-21H,13-14H2,1-2H3. The molecule has 1 aromatic heterocycles. The third-order valence-electron chi connectivity index (χ3n) is 3.82. The quantitative estimate of drug-likeness (QED) is 0.710. The summed E-state index contributed by atoms with van der Waals surface area (Å²) < 4.78 is 5.36. The minimum absolute atomic E-state index is 0.0906. The highest BCUT2D eigenvalue weighted by Crippen LogP contribution is 2.22. The molecule has 3 rings (SSSR count). The van der Waals surface area contributed by atoms with Gasteiger partial charge in [0.25, 0.3) is 0 Å². The second-order valence-corrected chi connectivity index (χ2v) is 6.34. The van der Waals surface area contributed by atoms with E-state index < -0.39 is 0 Å². The molecule has 1 N–H and O–H groups in total. The van der Waals surface area contributed by atoms with Crippen LogP contribution in [0.4, 0.5) is 0 Å². The normalized spacial score (nSPS) is 11.3. The molecule has 4 nitrogen and oxygen atoms in total. The Morgan fingerprint density at radius 1 is 0.917 bits per heavy atom. The number of benzene rings is 2. The van der Waals surface area contributed by atoms with Crippen molar-refractivity contribution in [1.82, 2.24) is 15.5 Å². The summed E-state index contributed by atoms with van der Waals surface area (Å²) in [6.07, 6.45) is 0.838. The molecule has 1 heterocycles. The molecule has 124 valence electrons. The number of nitrogens with one attached hydrogen (secondary N) is 1. The highest BCUT2D eigenvalue weighted by Gasteiger charge is 2.15. The van der Waals surface area contributed by atoms with E-state index in [4.69, 9.17) is 4.52 Å². The predicted molar refractivity (Wildman–Crippen MR) is 94.4 cm³/mol. The Morgan fingerprint density at radius 2 is 1.50 bits per heavy atom. The van der Waals surface area contributed by atoms with Crippen LogP contribution in [-0.2, 0) is 13.0 Å². The predicted octanol–water partition coefficient (Wildman–Crippen LogP) is 4.15. The molecule has 0 fully saturated rings. The van der Waals surface area contributed by atoms with Gasteiger partial charge in [-0.2, -0.15) is 4.98 Å². The van der Waals surface area contributed by atoms with Gasteiger partial charge < -0.3 is 4.52 Å². The summed E-state index contributed by atoms with van der Waals surface area (Å²) in [7, 11) is 0. The lowest BCUT2D eigenvalue weighted by Gasteiger charge is -2.18. The van der Waals surface area contributed by atoms with Crippen LogP contribution in [0.5, 0.6) is 0 Å².